The molecule has 2 rings (SSSR count). The van der Waals surface area contributed by atoms with Crippen molar-refractivity contribution in [3.05, 3.63) is 41.3 Å². The standard InChI is InChI=1S/C10H8ClFN2/c11-9-6-8(2-3-10(9)12)14-5-1-4-13-7-14/h1-6H,7H2. The van der Waals surface area contributed by atoms with Gasteiger partial charge in [0.15, 0.2) is 0 Å². The van der Waals surface area contributed by atoms with E-state index in [-0.39, 0.29) is 5.02 Å². The van der Waals surface area contributed by atoms with E-state index in [1.807, 2.05) is 17.2 Å². The van der Waals surface area contributed by atoms with E-state index in [2.05, 4.69) is 4.99 Å². The Morgan fingerprint density at radius 3 is 2.93 bits per heavy atom. The first kappa shape index (κ1) is 9.21. The summed E-state index contributed by atoms with van der Waals surface area (Å²) in [5.41, 5.74) is 0.838. The van der Waals surface area contributed by atoms with Crippen molar-refractivity contribution in [3.63, 3.8) is 0 Å². The quantitative estimate of drug-likeness (QED) is 0.696. The first-order valence-corrected chi connectivity index (χ1v) is 4.53. The number of anilines is 1. The summed E-state index contributed by atoms with van der Waals surface area (Å²) in [7, 11) is 0. The van der Waals surface area contributed by atoms with Crippen LogP contribution in [0.25, 0.3) is 0 Å². The highest BCUT2D eigenvalue weighted by molar-refractivity contribution is 6.31. The summed E-state index contributed by atoms with van der Waals surface area (Å²) < 4.78 is 12.9. The average Bonchev–Trinajstić information content (AvgIpc) is 2.23. The van der Waals surface area contributed by atoms with Crippen LogP contribution in [0.1, 0.15) is 0 Å². The molecule has 0 spiro atoms. The van der Waals surface area contributed by atoms with Crippen LogP contribution in [0, 0.1) is 5.82 Å². The van der Waals surface area contributed by atoms with Gasteiger partial charge in [-0.1, -0.05) is 11.6 Å². The summed E-state index contributed by atoms with van der Waals surface area (Å²) in [4.78, 5) is 5.94. The molecule has 72 valence electrons. The number of hydrogen-bond donors (Lipinski definition) is 0. The van der Waals surface area contributed by atoms with Crippen molar-refractivity contribution in [2.24, 2.45) is 4.99 Å². The Morgan fingerprint density at radius 2 is 2.29 bits per heavy atom. The van der Waals surface area contributed by atoms with Crippen LogP contribution in [0.15, 0.2) is 35.5 Å². The second-order valence-corrected chi connectivity index (χ2v) is 3.29. The third-order valence-electron chi connectivity index (χ3n) is 1.93. The minimum absolute atomic E-state index is 0.130. The van der Waals surface area contributed by atoms with Gasteiger partial charge < -0.3 is 4.90 Å². The maximum absolute atomic E-state index is 12.9. The topological polar surface area (TPSA) is 15.6 Å². The van der Waals surface area contributed by atoms with Crippen LogP contribution in [-0.2, 0) is 0 Å². The van der Waals surface area contributed by atoms with Crippen LogP contribution in [-0.4, -0.2) is 12.9 Å². The van der Waals surface area contributed by atoms with E-state index in [9.17, 15) is 4.39 Å². The van der Waals surface area contributed by atoms with Gasteiger partial charge in [-0.3, -0.25) is 4.99 Å². The molecule has 0 saturated carbocycles. The first-order chi connectivity index (χ1) is 6.77. The van der Waals surface area contributed by atoms with Gasteiger partial charge in [0.1, 0.15) is 12.5 Å². The van der Waals surface area contributed by atoms with Crippen molar-refractivity contribution in [1.29, 1.82) is 0 Å². The zero-order chi connectivity index (χ0) is 9.97. The summed E-state index contributed by atoms with van der Waals surface area (Å²) in [5, 5.41) is 0.130. The predicted octanol–water partition coefficient (Wildman–Crippen LogP) is 2.84. The minimum Gasteiger partial charge on any atom is -0.328 e. The summed E-state index contributed by atoms with van der Waals surface area (Å²) in [5.74, 6) is -0.403. The molecule has 0 amide bonds. The van der Waals surface area contributed by atoms with Gasteiger partial charge in [-0.2, -0.15) is 0 Å². The molecule has 1 aromatic carbocycles. The van der Waals surface area contributed by atoms with E-state index >= 15 is 0 Å². The fourth-order valence-electron chi connectivity index (χ4n) is 1.22. The lowest BCUT2D eigenvalue weighted by Gasteiger charge is -2.19. The van der Waals surface area contributed by atoms with E-state index in [0.29, 0.717) is 6.67 Å². The molecular formula is C10H8ClFN2. The molecule has 1 aliphatic rings. The number of hydrogen-bond acceptors (Lipinski definition) is 2. The van der Waals surface area contributed by atoms with Crippen LogP contribution in [0.4, 0.5) is 10.1 Å². The monoisotopic (exact) mass is 210 g/mol. The molecular weight excluding hydrogens is 203 g/mol. The Bertz CT molecular complexity index is 401. The minimum atomic E-state index is -0.403. The van der Waals surface area contributed by atoms with Crippen molar-refractivity contribution in [2.75, 3.05) is 11.6 Å². The van der Waals surface area contributed by atoms with E-state index < -0.39 is 5.82 Å². The van der Waals surface area contributed by atoms with Gasteiger partial charge in [0.05, 0.1) is 5.02 Å². The molecule has 1 aromatic rings. The van der Waals surface area contributed by atoms with Gasteiger partial charge in [-0.25, -0.2) is 4.39 Å². The predicted molar refractivity (Wildman–Crippen MR) is 56.4 cm³/mol. The molecule has 2 nitrogen and oxygen atoms in total. The third-order valence-corrected chi connectivity index (χ3v) is 2.22. The highest BCUT2D eigenvalue weighted by atomic mass is 35.5. The molecule has 0 saturated heterocycles. The molecule has 0 fully saturated rings. The molecule has 1 heterocycles. The van der Waals surface area contributed by atoms with Gasteiger partial charge in [0.2, 0.25) is 0 Å². The Labute approximate surface area is 86.3 Å². The molecule has 1 aliphatic heterocycles. The maximum Gasteiger partial charge on any atom is 0.141 e. The molecule has 14 heavy (non-hydrogen) atoms. The van der Waals surface area contributed by atoms with Gasteiger partial charge in [0, 0.05) is 18.1 Å². The summed E-state index contributed by atoms with van der Waals surface area (Å²) in [6.45, 7) is 0.540. The number of aliphatic imine (C=N–C) groups is 1. The van der Waals surface area contributed by atoms with Crippen molar-refractivity contribution in [2.45, 2.75) is 0 Å². The number of halogens is 2. The zero-order valence-electron chi connectivity index (χ0n) is 7.32. The normalized spacial score (nSPS) is 14.9. The zero-order valence-corrected chi connectivity index (χ0v) is 8.08. The van der Waals surface area contributed by atoms with Gasteiger partial charge in [0.25, 0.3) is 0 Å². The molecule has 4 heteroatoms. The van der Waals surface area contributed by atoms with E-state index in [4.69, 9.17) is 11.6 Å². The van der Waals surface area contributed by atoms with E-state index in [1.54, 1.807) is 18.3 Å². The van der Waals surface area contributed by atoms with Crippen LogP contribution in [0.5, 0.6) is 0 Å². The van der Waals surface area contributed by atoms with Gasteiger partial charge in [-0.05, 0) is 24.3 Å². The van der Waals surface area contributed by atoms with Crippen LogP contribution in [0.3, 0.4) is 0 Å². The molecule has 0 aliphatic carbocycles. The fourth-order valence-corrected chi connectivity index (χ4v) is 1.39. The van der Waals surface area contributed by atoms with Crippen LogP contribution in [0.2, 0.25) is 5.02 Å². The Kier molecular flexibility index (Phi) is 2.50. The summed E-state index contributed by atoms with van der Waals surface area (Å²) >= 11 is 5.67. The highest BCUT2D eigenvalue weighted by Crippen LogP contribution is 2.23. The Morgan fingerprint density at radius 1 is 1.43 bits per heavy atom. The number of allylic oxidation sites excluding steroid dienone is 1. The lowest BCUT2D eigenvalue weighted by Crippen LogP contribution is -2.18. The van der Waals surface area contributed by atoms with Crippen molar-refractivity contribution >= 4 is 23.5 Å². The van der Waals surface area contributed by atoms with Crippen molar-refractivity contribution < 1.29 is 4.39 Å². The van der Waals surface area contributed by atoms with E-state index in [0.717, 1.165) is 5.69 Å². The van der Waals surface area contributed by atoms with E-state index in [1.165, 1.54) is 6.07 Å². The fraction of sp³-hybridized carbons (Fsp3) is 0.100. The summed E-state index contributed by atoms with van der Waals surface area (Å²) in [6.07, 6.45) is 5.42. The second kappa shape index (κ2) is 3.80. The number of nitrogens with zero attached hydrogens (tertiary/aromatic N) is 2. The molecule has 0 atom stereocenters. The van der Waals surface area contributed by atoms with Gasteiger partial charge in [-0.15, -0.1) is 0 Å². The summed E-state index contributed by atoms with van der Waals surface area (Å²) in [6, 6.07) is 4.61. The SMILES string of the molecule is Fc1ccc(N2C=CC=NC2)cc1Cl. The molecule has 0 aromatic heterocycles. The highest BCUT2D eigenvalue weighted by Gasteiger charge is 2.06. The van der Waals surface area contributed by atoms with Crippen LogP contribution < -0.4 is 4.90 Å². The van der Waals surface area contributed by atoms with Crippen molar-refractivity contribution in [3.8, 4) is 0 Å². The first-order valence-electron chi connectivity index (χ1n) is 4.16. The largest absolute Gasteiger partial charge is 0.328 e. The van der Waals surface area contributed by atoms with Gasteiger partial charge >= 0.3 is 0 Å². The lowest BCUT2D eigenvalue weighted by molar-refractivity contribution is 0.628. The number of rotatable bonds is 1. The van der Waals surface area contributed by atoms with Crippen LogP contribution >= 0.6 is 11.6 Å². The average molecular weight is 211 g/mol. The maximum atomic E-state index is 12.9. The Balaban J connectivity index is 2.28. The lowest BCUT2D eigenvalue weighted by atomic mass is 10.3. The second-order valence-electron chi connectivity index (χ2n) is 2.88. The third kappa shape index (κ3) is 1.77. The molecule has 0 N–H and O–H groups in total. The molecule has 0 bridgehead atoms. The number of benzene rings is 1. The Hall–Kier alpha value is -1.35. The molecule has 0 radical (unpaired) electrons. The smallest absolute Gasteiger partial charge is 0.141 e. The molecule has 0 unspecified atom stereocenters. The van der Waals surface area contributed by atoms with Crippen molar-refractivity contribution in [1.82, 2.24) is 0 Å².